The van der Waals surface area contributed by atoms with E-state index in [2.05, 4.69) is 0 Å². The van der Waals surface area contributed by atoms with Gasteiger partial charge in [-0.25, -0.2) is 0 Å². The number of rotatable bonds is 6. The van der Waals surface area contributed by atoms with Gasteiger partial charge in [0.2, 0.25) is 6.29 Å². The molecule has 1 heterocycles. The molecular formula is C19H19NO9S. The number of non-ortho nitro benzene ring substituents is 1. The van der Waals surface area contributed by atoms with Gasteiger partial charge in [0.25, 0.3) is 5.69 Å². The fraction of sp³-hybridized carbons (Fsp3) is 0.316. The molecule has 0 bridgehead atoms. The summed E-state index contributed by atoms with van der Waals surface area (Å²) in [6, 6.07) is 13.6. The second kappa shape index (κ2) is 9.78. The monoisotopic (exact) mass is 437 g/mol. The number of para-hydroxylation sites is 1. The van der Waals surface area contributed by atoms with Gasteiger partial charge in [0.15, 0.2) is 12.2 Å². The lowest BCUT2D eigenvalue weighted by atomic mass is 9.99. The molecule has 1 aliphatic heterocycles. The average molecular weight is 437 g/mol. The number of aliphatic hydroxyl groups is 3. The lowest BCUT2D eigenvalue weighted by molar-refractivity contribution is -0.384. The summed E-state index contributed by atoms with van der Waals surface area (Å²) in [5.41, 5.74) is -0.129. The molecule has 5 atom stereocenters. The molecule has 1 aliphatic rings. The van der Waals surface area contributed by atoms with E-state index in [9.17, 15) is 25.4 Å². The summed E-state index contributed by atoms with van der Waals surface area (Å²) in [6.45, 7) is -0.557. The van der Waals surface area contributed by atoms with Crippen LogP contribution in [-0.4, -0.2) is 62.8 Å². The summed E-state index contributed by atoms with van der Waals surface area (Å²) >= 11 is 5.01. The van der Waals surface area contributed by atoms with Crippen molar-refractivity contribution in [2.24, 2.45) is 0 Å². The Balaban J connectivity index is 1.68. The van der Waals surface area contributed by atoms with Crippen molar-refractivity contribution in [1.82, 2.24) is 0 Å². The number of benzene rings is 2. The van der Waals surface area contributed by atoms with Crippen LogP contribution < -0.4 is 9.47 Å². The van der Waals surface area contributed by atoms with Crippen LogP contribution in [0.1, 0.15) is 0 Å². The molecule has 0 radical (unpaired) electrons. The molecule has 0 spiro atoms. The standard InChI is InChI=1S/C19H19NO9S/c21-10-14-15(22)17(16(23)18(28-14)26-12-4-2-1-3-5-12)29-19(30)27-13-8-6-11(7-9-13)20(24)25/h1-9,14-18,21-23H,10H2/t14-,15+,16-,17+,18+/m1/s1. The predicted molar refractivity (Wildman–Crippen MR) is 106 cm³/mol. The van der Waals surface area contributed by atoms with E-state index in [0.717, 1.165) is 0 Å². The highest BCUT2D eigenvalue weighted by Gasteiger charge is 2.47. The third-order valence-corrected chi connectivity index (χ3v) is 4.48. The smallest absolute Gasteiger partial charge is 0.358 e. The van der Waals surface area contributed by atoms with Gasteiger partial charge < -0.3 is 34.3 Å². The number of hydrogen-bond acceptors (Lipinski definition) is 10. The van der Waals surface area contributed by atoms with Crippen molar-refractivity contribution in [3.8, 4) is 11.5 Å². The minimum absolute atomic E-state index is 0.129. The zero-order valence-corrected chi connectivity index (χ0v) is 16.3. The molecule has 160 valence electrons. The van der Waals surface area contributed by atoms with Crippen molar-refractivity contribution < 1.29 is 39.2 Å². The lowest BCUT2D eigenvalue weighted by Crippen LogP contribution is -2.61. The van der Waals surface area contributed by atoms with Gasteiger partial charge in [-0.3, -0.25) is 10.1 Å². The number of nitro benzene ring substituents is 1. The molecule has 0 amide bonds. The van der Waals surface area contributed by atoms with Crippen LogP contribution in [0.25, 0.3) is 0 Å². The molecule has 1 saturated heterocycles. The normalized spacial score (nSPS) is 25.9. The summed E-state index contributed by atoms with van der Waals surface area (Å²) in [4.78, 5) is 10.1. The number of hydrogen-bond donors (Lipinski definition) is 3. The first kappa shape index (κ1) is 21.9. The highest BCUT2D eigenvalue weighted by molar-refractivity contribution is 7.79. The zero-order chi connectivity index (χ0) is 21.7. The number of aliphatic hydroxyl groups excluding tert-OH is 3. The molecule has 0 unspecified atom stereocenters. The molecular weight excluding hydrogens is 418 g/mol. The van der Waals surface area contributed by atoms with E-state index in [0.29, 0.717) is 5.75 Å². The van der Waals surface area contributed by atoms with Gasteiger partial charge in [0.1, 0.15) is 23.7 Å². The fourth-order valence-corrected chi connectivity index (χ4v) is 3.00. The second-order valence-electron chi connectivity index (χ2n) is 6.32. The molecule has 1 fully saturated rings. The quantitative estimate of drug-likeness (QED) is 0.342. The number of ether oxygens (including phenoxy) is 4. The van der Waals surface area contributed by atoms with Gasteiger partial charge in [0, 0.05) is 24.4 Å². The molecule has 2 aromatic rings. The fourth-order valence-electron chi connectivity index (χ4n) is 2.79. The largest absolute Gasteiger partial charge is 0.462 e. The minimum Gasteiger partial charge on any atom is -0.462 e. The molecule has 2 aromatic carbocycles. The van der Waals surface area contributed by atoms with Crippen LogP contribution in [0.15, 0.2) is 54.6 Å². The first-order valence-electron chi connectivity index (χ1n) is 8.86. The Hall–Kier alpha value is -2.83. The van der Waals surface area contributed by atoms with Gasteiger partial charge in [-0.15, -0.1) is 0 Å². The van der Waals surface area contributed by atoms with E-state index in [1.54, 1.807) is 30.3 Å². The van der Waals surface area contributed by atoms with Gasteiger partial charge >= 0.3 is 5.24 Å². The maximum Gasteiger partial charge on any atom is 0.358 e. The Bertz CT molecular complexity index is 864. The summed E-state index contributed by atoms with van der Waals surface area (Å²) in [5, 5.41) is 40.7. The molecule has 0 saturated carbocycles. The van der Waals surface area contributed by atoms with Crippen LogP contribution in [0.4, 0.5) is 5.69 Å². The minimum atomic E-state index is -1.47. The van der Waals surface area contributed by atoms with Crippen LogP contribution in [0.2, 0.25) is 0 Å². The van der Waals surface area contributed by atoms with Crippen LogP contribution in [0.3, 0.4) is 0 Å². The average Bonchev–Trinajstić information content (AvgIpc) is 2.74. The first-order chi connectivity index (χ1) is 14.4. The van der Waals surface area contributed by atoms with Gasteiger partial charge in [-0.2, -0.15) is 0 Å². The Morgan fingerprint density at radius 3 is 2.33 bits per heavy atom. The Kier molecular flexibility index (Phi) is 7.13. The third-order valence-electron chi connectivity index (χ3n) is 4.30. The predicted octanol–water partition coefficient (Wildman–Crippen LogP) is 1.16. The highest BCUT2D eigenvalue weighted by atomic mass is 32.1. The van der Waals surface area contributed by atoms with Gasteiger partial charge in [-0.1, -0.05) is 18.2 Å². The van der Waals surface area contributed by atoms with Gasteiger partial charge in [0.05, 0.1) is 11.5 Å². The summed E-state index contributed by atoms with van der Waals surface area (Å²) < 4.78 is 21.7. The molecule has 3 N–H and O–H groups in total. The highest BCUT2D eigenvalue weighted by Crippen LogP contribution is 2.27. The van der Waals surface area contributed by atoms with E-state index < -0.39 is 47.5 Å². The summed E-state index contributed by atoms with van der Waals surface area (Å²) in [5.74, 6) is 0.565. The summed E-state index contributed by atoms with van der Waals surface area (Å²) in [7, 11) is 0. The molecule has 0 aromatic heterocycles. The Labute approximate surface area is 176 Å². The lowest BCUT2D eigenvalue weighted by Gasteiger charge is -2.41. The molecule has 0 aliphatic carbocycles. The number of thiocarbonyl (C=S) groups is 1. The zero-order valence-electron chi connectivity index (χ0n) is 15.4. The van der Waals surface area contributed by atoms with Gasteiger partial charge in [-0.05, 0) is 24.3 Å². The summed E-state index contributed by atoms with van der Waals surface area (Å²) in [6.07, 6.45) is -6.58. The maximum atomic E-state index is 10.7. The maximum absolute atomic E-state index is 10.7. The molecule has 11 heteroatoms. The van der Waals surface area contributed by atoms with Crippen LogP contribution in [0.5, 0.6) is 11.5 Å². The second-order valence-corrected chi connectivity index (χ2v) is 6.66. The Morgan fingerprint density at radius 2 is 1.73 bits per heavy atom. The van der Waals surface area contributed by atoms with Crippen LogP contribution in [0, 0.1) is 10.1 Å². The van der Waals surface area contributed by atoms with E-state index in [4.69, 9.17) is 31.2 Å². The van der Waals surface area contributed by atoms with Crippen LogP contribution >= 0.6 is 12.2 Å². The van der Waals surface area contributed by atoms with Crippen molar-refractivity contribution in [2.45, 2.75) is 30.7 Å². The van der Waals surface area contributed by atoms with Crippen molar-refractivity contribution >= 4 is 23.1 Å². The molecule has 3 rings (SSSR count). The third kappa shape index (κ3) is 5.20. The van der Waals surface area contributed by atoms with E-state index >= 15 is 0 Å². The van der Waals surface area contributed by atoms with Crippen molar-refractivity contribution in [2.75, 3.05) is 6.61 Å². The SMILES string of the molecule is O=[N+]([O-])c1ccc(OC(=S)O[C@H]2[C@@H](O)[C@@H](CO)O[C@H](Oc3ccccc3)[C@@H]2O)cc1. The number of nitro groups is 1. The van der Waals surface area contributed by atoms with Crippen molar-refractivity contribution in [3.63, 3.8) is 0 Å². The molecule has 30 heavy (non-hydrogen) atoms. The topological polar surface area (TPSA) is 141 Å². The van der Waals surface area contributed by atoms with E-state index in [-0.39, 0.29) is 11.4 Å². The van der Waals surface area contributed by atoms with E-state index in [1.807, 2.05) is 0 Å². The first-order valence-corrected chi connectivity index (χ1v) is 9.27. The van der Waals surface area contributed by atoms with Crippen molar-refractivity contribution in [1.29, 1.82) is 0 Å². The van der Waals surface area contributed by atoms with Crippen LogP contribution in [-0.2, 0) is 9.47 Å². The number of nitrogens with zero attached hydrogens (tertiary/aromatic N) is 1. The van der Waals surface area contributed by atoms with Crippen molar-refractivity contribution in [3.05, 3.63) is 64.7 Å². The van der Waals surface area contributed by atoms with E-state index in [1.165, 1.54) is 24.3 Å². The Morgan fingerprint density at radius 1 is 1.07 bits per heavy atom. The molecule has 10 nitrogen and oxygen atoms in total.